The van der Waals surface area contributed by atoms with Crippen LogP contribution < -0.4 is 5.32 Å². The zero-order valence-electron chi connectivity index (χ0n) is 12.3. The highest BCUT2D eigenvalue weighted by Crippen LogP contribution is 2.03. The van der Waals surface area contributed by atoms with Crippen molar-refractivity contribution < 1.29 is 4.79 Å². The summed E-state index contributed by atoms with van der Waals surface area (Å²) in [7, 11) is 8.04. The third kappa shape index (κ3) is 6.15. The second-order valence-electron chi connectivity index (χ2n) is 4.95. The van der Waals surface area contributed by atoms with Gasteiger partial charge in [-0.15, -0.1) is 0 Å². The highest BCUT2D eigenvalue weighted by atomic mass is 16.1. The Morgan fingerprint density at radius 3 is 2.00 bits per heavy atom. The summed E-state index contributed by atoms with van der Waals surface area (Å²) in [6.07, 6.45) is 2.91. The largest absolute Gasteiger partial charge is 0.301 e. The Morgan fingerprint density at radius 1 is 1.06 bits per heavy atom. The maximum atomic E-state index is 12.0. The molecule has 0 aliphatic heterocycles. The highest BCUT2D eigenvalue weighted by molar-refractivity contribution is 5.84. The third-order valence-corrected chi connectivity index (χ3v) is 3.14. The van der Waals surface area contributed by atoms with E-state index in [1.54, 1.807) is 0 Å². The molecule has 0 saturated carbocycles. The van der Waals surface area contributed by atoms with E-state index in [1.165, 1.54) is 0 Å². The summed E-state index contributed by atoms with van der Waals surface area (Å²) in [5, 5.41) is 3.40. The van der Waals surface area contributed by atoms with Crippen LogP contribution in [0, 0.1) is 0 Å². The van der Waals surface area contributed by atoms with E-state index in [4.69, 9.17) is 0 Å². The number of hydrogen-bond donors (Lipinski definition) is 1. The molecule has 0 radical (unpaired) electrons. The molecule has 4 heteroatoms. The minimum Gasteiger partial charge on any atom is -0.301 e. The van der Waals surface area contributed by atoms with Crippen LogP contribution >= 0.6 is 0 Å². The van der Waals surface area contributed by atoms with Crippen LogP contribution in [0.15, 0.2) is 0 Å². The molecule has 0 spiro atoms. The Labute approximate surface area is 106 Å². The number of rotatable bonds is 9. The molecule has 17 heavy (non-hydrogen) atoms. The molecule has 0 aliphatic carbocycles. The predicted molar refractivity (Wildman–Crippen MR) is 73.2 cm³/mol. The molecule has 0 rings (SSSR count). The maximum Gasteiger partial charge on any atom is 0.151 e. The van der Waals surface area contributed by atoms with Crippen molar-refractivity contribution >= 4 is 5.78 Å². The van der Waals surface area contributed by atoms with E-state index in [-0.39, 0.29) is 6.04 Å². The Hall–Kier alpha value is -0.450. The van der Waals surface area contributed by atoms with Gasteiger partial charge in [0.25, 0.3) is 0 Å². The summed E-state index contributed by atoms with van der Waals surface area (Å²) in [4.78, 5) is 16.1. The van der Waals surface area contributed by atoms with Gasteiger partial charge in [0.2, 0.25) is 0 Å². The van der Waals surface area contributed by atoms with Crippen LogP contribution in [0.1, 0.15) is 33.1 Å². The second-order valence-corrected chi connectivity index (χ2v) is 4.95. The fourth-order valence-corrected chi connectivity index (χ4v) is 2.10. The highest BCUT2D eigenvalue weighted by Gasteiger charge is 2.18. The number of nitrogens with one attached hydrogen (secondary N) is 1. The van der Waals surface area contributed by atoms with Crippen LogP contribution in [-0.4, -0.2) is 62.5 Å². The summed E-state index contributed by atoms with van der Waals surface area (Å²) in [5.41, 5.74) is 0. The van der Waals surface area contributed by atoms with Crippen LogP contribution in [0.3, 0.4) is 0 Å². The molecule has 4 nitrogen and oxygen atoms in total. The Morgan fingerprint density at radius 2 is 1.65 bits per heavy atom. The molecule has 0 aromatic carbocycles. The second kappa shape index (κ2) is 8.61. The van der Waals surface area contributed by atoms with E-state index in [0.29, 0.717) is 18.4 Å². The van der Waals surface area contributed by atoms with Crippen molar-refractivity contribution in [3.8, 4) is 0 Å². The van der Waals surface area contributed by atoms with Crippen molar-refractivity contribution in [2.24, 2.45) is 0 Å². The van der Waals surface area contributed by atoms with Crippen molar-refractivity contribution in [2.75, 3.05) is 34.7 Å². The van der Waals surface area contributed by atoms with Crippen molar-refractivity contribution in [3.63, 3.8) is 0 Å². The van der Waals surface area contributed by atoms with Gasteiger partial charge in [-0.3, -0.25) is 14.6 Å². The third-order valence-electron chi connectivity index (χ3n) is 3.14. The van der Waals surface area contributed by atoms with Gasteiger partial charge >= 0.3 is 0 Å². The molecule has 102 valence electrons. The molecule has 0 aromatic rings. The summed E-state index contributed by atoms with van der Waals surface area (Å²) in [5.74, 6) is 0.332. The summed E-state index contributed by atoms with van der Waals surface area (Å²) < 4.78 is 0. The molecular weight excluding hydrogens is 214 g/mol. The number of ketones is 1. The molecule has 0 aromatic heterocycles. The summed E-state index contributed by atoms with van der Waals surface area (Å²) in [6.45, 7) is 4.97. The fourth-order valence-electron chi connectivity index (χ4n) is 2.10. The van der Waals surface area contributed by atoms with Crippen LogP contribution in [0.5, 0.6) is 0 Å². The number of hydrogen-bond acceptors (Lipinski definition) is 4. The Kier molecular flexibility index (Phi) is 8.39. The smallest absolute Gasteiger partial charge is 0.151 e. The lowest BCUT2D eigenvalue weighted by Gasteiger charge is -2.25. The van der Waals surface area contributed by atoms with Crippen molar-refractivity contribution in [1.29, 1.82) is 0 Å². The lowest BCUT2D eigenvalue weighted by atomic mass is 10.1. The van der Waals surface area contributed by atoms with E-state index in [9.17, 15) is 4.79 Å². The van der Waals surface area contributed by atoms with E-state index < -0.39 is 0 Å². The van der Waals surface area contributed by atoms with Crippen LogP contribution in [0.4, 0.5) is 0 Å². The van der Waals surface area contributed by atoms with Gasteiger partial charge < -0.3 is 5.32 Å². The lowest BCUT2D eigenvalue weighted by Crippen LogP contribution is -2.43. The normalized spacial score (nSPS) is 15.3. The van der Waals surface area contributed by atoms with Crippen LogP contribution in [0.25, 0.3) is 0 Å². The van der Waals surface area contributed by atoms with Gasteiger partial charge in [-0.25, -0.2) is 0 Å². The molecular formula is C13H29N3O. The fraction of sp³-hybridized carbons (Fsp3) is 0.923. The predicted octanol–water partition coefficient (Wildman–Crippen LogP) is 1.17. The van der Waals surface area contributed by atoms with E-state index in [0.717, 1.165) is 19.4 Å². The Balaban J connectivity index is 3.99. The van der Waals surface area contributed by atoms with Crippen LogP contribution in [-0.2, 0) is 4.79 Å². The lowest BCUT2D eigenvalue weighted by molar-refractivity contribution is -0.123. The first-order valence-corrected chi connectivity index (χ1v) is 6.52. The van der Waals surface area contributed by atoms with E-state index >= 15 is 0 Å². The molecule has 0 heterocycles. The van der Waals surface area contributed by atoms with E-state index in [2.05, 4.69) is 38.2 Å². The first-order valence-electron chi connectivity index (χ1n) is 6.52. The molecule has 0 amide bonds. The van der Waals surface area contributed by atoms with Gasteiger partial charge in [0, 0.05) is 13.0 Å². The maximum absolute atomic E-state index is 12.0. The molecule has 2 unspecified atom stereocenters. The van der Waals surface area contributed by atoms with Gasteiger partial charge in [-0.1, -0.05) is 13.8 Å². The molecule has 0 bridgehead atoms. The summed E-state index contributed by atoms with van der Waals surface area (Å²) >= 11 is 0. The molecule has 0 aliphatic rings. The number of likely N-dealkylation sites (N-methyl/N-ethyl adjacent to an activating group) is 1. The first kappa shape index (κ1) is 16.6. The number of carbonyl (C=O) groups excluding carboxylic acids is 1. The quantitative estimate of drug-likeness (QED) is 0.617. The summed E-state index contributed by atoms with van der Waals surface area (Å²) in [6, 6.07) is 0.0660. The van der Waals surface area contributed by atoms with Crippen LogP contribution in [0.2, 0.25) is 0 Å². The van der Waals surface area contributed by atoms with Gasteiger partial charge in [-0.05, 0) is 41.0 Å². The van der Waals surface area contributed by atoms with Crippen molar-refractivity contribution in [1.82, 2.24) is 15.1 Å². The number of Topliss-reactive ketones (excluding diaryl/α,β-unsaturated/α-hetero) is 1. The van der Waals surface area contributed by atoms with Gasteiger partial charge in [0.1, 0.15) is 0 Å². The SMILES string of the molecule is CCC(NCCC(=O)C(CC)N(C)C)N(C)C. The molecule has 0 fully saturated rings. The molecule has 1 N–H and O–H groups in total. The van der Waals surface area contributed by atoms with E-state index in [1.807, 2.05) is 19.0 Å². The zero-order chi connectivity index (χ0) is 13.4. The molecule has 2 atom stereocenters. The van der Waals surface area contributed by atoms with Gasteiger partial charge in [-0.2, -0.15) is 0 Å². The van der Waals surface area contributed by atoms with Crippen molar-refractivity contribution in [3.05, 3.63) is 0 Å². The standard InChI is InChI=1S/C13H29N3O/c1-7-11(15(3)4)12(17)9-10-14-13(8-2)16(5)6/h11,13-14H,7-10H2,1-6H3. The molecule has 0 saturated heterocycles. The zero-order valence-corrected chi connectivity index (χ0v) is 12.3. The number of carbonyl (C=O) groups is 1. The van der Waals surface area contributed by atoms with Gasteiger partial charge in [0.05, 0.1) is 12.2 Å². The van der Waals surface area contributed by atoms with Crippen molar-refractivity contribution in [2.45, 2.75) is 45.3 Å². The topological polar surface area (TPSA) is 35.6 Å². The minimum absolute atomic E-state index is 0.0660. The monoisotopic (exact) mass is 243 g/mol. The minimum atomic E-state index is 0.0660. The van der Waals surface area contributed by atoms with Gasteiger partial charge in [0.15, 0.2) is 5.78 Å². The number of nitrogens with zero attached hydrogens (tertiary/aromatic N) is 2. The first-order chi connectivity index (χ1) is 7.93. The average molecular weight is 243 g/mol. The Bertz CT molecular complexity index is 217. The average Bonchev–Trinajstić information content (AvgIpc) is 2.24.